The van der Waals surface area contributed by atoms with Gasteiger partial charge in [0.25, 0.3) is 11.6 Å². The third-order valence-electron chi connectivity index (χ3n) is 4.55. The van der Waals surface area contributed by atoms with E-state index >= 15 is 0 Å². The summed E-state index contributed by atoms with van der Waals surface area (Å²) in [6, 6.07) is 21.5. The molecule has 0 saturated carbocycles. The molecule has 3 aromatic carbocycles. The highest BCUT2D eigenvalue weighted by atomic mass is 16.6. The summed E-state index contributed by atoms with van der Waals surface area (Å²) in [5, 5.41) is 26.1. The van der Waals surface area contributed by atoms with Crippen LogP contribution in [0.4, 0.5) is 5.69 Å². The molecule has 0 bridgehead atoms. The second kappa shape index (κ2) is 8.45. The number of nitrogens with zero attached hydrogens (tertiary/aromatic N) is 2. The molecule has 0 atom stereocenters. The van der Waals surface area contributed by atoms with Crippen molar-refractivity contribution in [3.63, 3.8) is 0 Å². The fraction of sp³-hybridized carbons (Fsp3) is 0.0909. The molecule has 3 rings (SSSR count). The molecule has 0 aromatic heterocycles. The number of nitro benzene ring substituents is 1. The standard InChI is InChI=1S/C22H19N3O4/c1-16-14-20(25(28)29)13-12-17(16)15-23-24-21(26)22(27,18-8-4-2-5-9-18)19-10-6-3-7-11-19/h2-15,27H,1H3,(H,24,26)/b23-15+. The van der Waals surface area contributed by atoms with E-state index in [1.54, 1.807) is 73.7 Å². The lowest BCUT2D eigenvalue weighted by Gasteiger charge is -2.27. The van der Waals surface area contributed by atoms with Crippen LogP contribution in [0.2, 0.25) is 0 Å². The number of amides is 1. The molecule has 0 aliphatic rings. The maximum Gasteiger partial charge on any atom is 0.281 e. The van der Waals surface area contributed by atoms with Gasteiger partial charge in [-0.15, -0.1) is 0 Å². The minimum absolute atomic E-state index is 0.0220. The SMILES string of the molecule is Cc1cc([N+](=O)[O-])ccc1/C=N/NC(=O)C(O)(c1ccccc1)c1ccccc1. The van der Waals surface area contributed by atoms with Gasteiger partial charge < -0.3 is 5.11 Å². The number of hydrogen-bond donors (Lipinski definition) is 2. The number of rotatable bonds is 6. The van der Waals surface area contributed by atoms with Crippen LogP contribution in [0.5, 0.6) is 0 Å². The number of aliphatic hydroxyl groups is 1. The van der Waals surface area contributed by atoms with Gasteiger partial charge in [0, 0.05) is 12.1 Å². The number of benzene rings is 3. The van der Waals surface area contributed by atoms with Crippen LogP contribution in [0, 0.1) is 17.0 Å². The lowest BCUT2D eigenvalue weighted by Crippen LogP contribution is -2.43. The van der Waals surface area contributed by atoms with Gasteiger partial charge in [-0.25, -0.2) is 5.43 Å². The minimum atomic E-state index is -1.93. The Morgan fingerprint density at radius 2 is 1.59 bits per heavy atom. The van der Waals surface area contributed by atoms with Crippen molar-refractivity contribution in [2.75, 3.05) is 0 Å². The molecule has 0 unspecified atom stereocenters. The first-order chi connectivity index (χ1) is 13.9. The molecule has 0 fully saturated rings. The average Bonchev–Trinajstić information content (AvgIpc) is 2.75. The number of carbonyl (C=O) groups excluding carboxylic acids is 1. The number of non-ortho nitro benzene ring substituents is 1. The molecule has 7 heteroatoms. The van der Waals surface area contributed by atoms with Gasteiger partial charge in [-0.3, -0.25) is 14.9 Å². The van der Waals surface area contributed by atoms with E-state index in [4.69, 9.17) is 0 Å². The first kappa shape index (κ1) is 19.9. The van der Waals surface area contributed by atoms with Crippen molar-refractivity contribution in [3.05, 3.63) is 111 Å². The zero-order valence-corrected chi connectivity index (χ0v) is 15.6. The Morgan fingerprint density at radius 1 is 1.03 bits per heavy atom. The van der Waals surface area contributed by atoms with Gasteiger partial charge in [0.15, 0.2) is 5.60 Å². The molecule has 2 N–H and O–H groups in total. The van der Waals surface area contributed by atoms with Crippen LogP contribution in [0.15, 0.2) is 84.0 Å². The van der Waals surface area contributed by atoms with E-state index in [0.717, 1.165) is 0 Å². The summed E-state index contributed by atoms with van der Waals surface area (Å²) in [6.45, 7) is 1.71. The van der Waals surface area contributed by atoms with E-state index in [-0.39, 0.29) is 5.69 Å². The van der Waals surface area contributed by atoms with E-state index in [2.05, 4.69) is 10.5 Å². The van der Waals surface area contributed by atoms with Gasteiger partial charge in [-0.2, -0.15) is 5.10 Å². The van der Waals surface area contributed by atoms with Crippen molar-refractivity contribution in [2.45, 2.75) is 12.5 Å². The van der Waals surface area contributed by atoms with E-state index in [1.165, 1.54) is 18.3 Å². The maximum atomic E-state index is 12.9. The quantitative estimate of drug-likeness (QED) is 0.383. The first-order valence-corrected chi connectivity index (χ1v) is 8.85. The summed E-state index contributed by atoms with van der Waals surface area (Å²) < 4.78 is 0. The topological polar surface area (TPSA) is 105 Å². The zero-order valence-electron chi connectivity index (χ0n) is 15.6. The van der Waals surface area contributed by atoms with Crippen molar-refractivity contribution in [3.8, 4) is 0 Å². The highest BCUT2D eigenvalue weighted by Crippen LogP contribution is 2.29. The number of hydrazone groups is 1. The van der Waals surface area contributed by atoms with Crippen LogP contribution in [-0.2, 0) is 10.4 Å². The normalized spacial score (nSPS) is 11.4. The largest absolute Gasteiger partial charge is 0.372 e. The average molecular weight is 389 g/mol. The minimum Gasteiger partial charge on any atom is -0.372 e. The van der Waals surface area contributed by atoms with Crippen LogP contribution in [0.25, 0.3) is 0 Å². The van der Waals surface area contributed by atoms with Gasteiger partial charge in [-0.1, -0.05) is 60.7 Å². The van der Waals surface area contributed by atoms with Gasteiger partial charge in [0.1, 0.15) is 0 Å². The van der Waals surface area contributed by atoms with Gasteiger partial charge in [-0.05, 0) is 35.2 Å². The number of nitrogens with one attached hydrogen (secondary N) is 1. The second-order valence-electron chi connectivity index (χ2n) is 6.44. The van der Waals surface area contributed by atoms with E-state index in [1.807, 2.05) is 0 Å². The van der Waals surface area contributed by atoms with Crippen LogP contribution < -0.4 is 5.43 Å². The lowest BCUT2D eigenvalue weighted by atomic mass is 9.85. The zero-order chi connectivity index (χ0) is 20.9. The Balaban J connectivity index is 1.87. The molecule has 3 aromatic rings. The van der Waals surface area contributed by atoms with Crippen LogP contribution in [0.3, 0.4) is 0 Å². The van der Waals surface area contributed by atoms with E-state index in [9.17, 15) is 20.0 Å². The molecule has 0 radical (unpaired) electrons. The monoisotopic (exact) mass is 389 g/mol. The fourth-order valence-corrected chi connectivity index (χ4v) is 2.95. The Bertz CT molecular complexity index is 1010. The van der Waals surface area contributed by atoms with Gasteiger partial charge >= 0.3 is 0 Å². The first-order valence-electron chi connectivity index (χ1n) is 8.85. The summed E-state index contributed by atoms with van der Waals surface area (Å²) >= 11 is 0. The molecule has 0 aliphatic heterocycles. The number of carbonyl (C=O) groups is 1. The predicted octanol–water partition coefficient (Wildman–Crippen LogP) is 3.29. The van der Waals surface area contributed by atoms with Gasteiger partial charge in [0.2, 0.25) is 0 Å². The van der Waals surface area contributed by atoms with Crippen molar-refractivity contribution >= 4 is 17.8 Å². The Hall–Kier alpha value is -3.84. The van der Waals surface area contributed by atoms with E-state index < -0.39 is 16.4 Å². The molecule has 7 nitrogen and oxygen atoms in total. The second-order valence-corrected chi connectivity index (χ2v) is 6.44. The van der Waals surface area contributed by atoms with Crippen LogP contribution in [-0.4, -0.2) is 22.2 Å². The van der Waals surface area contributed by atoms with Crippen molar-refractivity contribution < 1.29 is 14.8 Å². The third-order valence-corrected chi connectivity index (χ3v) is 4.55. The maximum absolute atomic E-state index is 12.9. The number of hydrogen-bond acceptors (Lipinski definition) is 5. The lowest BCUT2D eigenvalue weighted by molar-refractivity contribution is -0.384. The Morgan fingerprint density at radius 3 is 2.07 bits per heavy atom. The van der Waals surface area contributed by atoms with Crippen LogP contribution in [0.1, 0.15) is 22.3 Å². The van der Waals surface area contributed by atoms with Crippen molar-refractivity contribution in [1.29, 1.82) is 0 Å². The summed E-state index contributed by atoms with van der Waals surface area (Å²) in [5.41, 5.74) is 2.49. The molecular formula is C22H19N3O4. The summed E-state index contributed by atoms with van der Waals surface area (Å²) in [7, 11) is 0. The molecule has 1 amide bonds. The van der Waals surface area contributed by atoms with Crippen molar-refractivity contribution in [1.82, 2.24) is 5.43 Å². The Kier molecular flexibility index (Phi) is 5.80. The molecule has 0 saturated heterocycles. The van der Waals surface area contributed by atoms with E-state index in [0.29, 0.717) is 22.3 Å². The smallest absolute Gasteiger partial charge is 0.281 e. The molecule has 0 spiro atoms. The summed E-state index contributed by atoms with van der Waals surface area (Å²) in [4.78, 5) is 23.3. The third kappa shape index (κ3) is 4.20. The highest BCUT2D eigenvalue weighted by molar-refractivity contribution is 5.91. The molecule has 29 heavy (non-hydrogen) atoms. The molecule has 146 valence electrons. The highest BCUT2D eigenvalue weighted by Gasteiger charge is 2.39. The predicted molar refractivity (Wildman–Crippen MR) is 109 cm³/mol. The molecule has 0 aliphatic carbocycles. The fourth-order valence-electron chi connectivity index (χ4n) is 2.95. The number of aryl methyl sites for hydroxylation is 1. The molecule has 0 heterocycles. The number of nitro groups is 1. The van der Waals surface area contributed by atoms with Gasteiger partial charge in [0.05, 0.1) is 11.1 Å². The molecular weight excluding hydrogens is 370 g/mol. The summed E-state index contributed by atoms with van der Waals surface area (Å²) in [5.74, 6) is -0.717. The Labute approximate surface area is 167 Å². The van der Waals surface area contributed by atoms with Crippen LogP contribution >= 0.6 is 0 Å². The van der Waals surface area contributed by atoms with Crippen molar-refractivity contribution in [2.24, 2.45) is 5.10 Å². The summed E-state index contributed by atoms with van der Waals surface area (Å²) in [6.07, 6.45) is 1.38.